The van der Waals surface area contributed by atoms with Crippen LogP contribution in [0.15, 0.2) is 22.5 Å². The van der Waals surface area contributed by atoms with E-state index in [-0.39, 0.29) is 6.61 Å². The van der Waals surface area contributed by atoms with Crippen LogP contribution in [0.5, 0.6) is 0 Å². The topological polar surface area (TPSA) is 20.2 Å². The Labute approximate surface area is 66.8 Å². The van der Waals surface area contributed by atoms with Crippen LogP contribution in [-0.2, 0) is 0 Å². The second-order valence-corrected chi connectivity index (χ2v) is 3.24. The maximum absolute atomic E-state index is 8.63. The Hall–Kier alpha value is -0.210. The molecule has 0 rings (SSSR count). The maximum atomic E-state index is 8.63. The Morgan fingerprint density at radius 2 is 2.20 bits per heavy atom. The van der Waals surface area contributed by atoms with Crippen LogP contribution in [-0.4, -0.2) is 11.7 Å². The second kappa shape index (κ2) is 5.57. The van der Waals surface area contributed by atoms with Crippen molar-refractivity contribution in [2.75, 3.05) is 6.61 Å². The van der Waals surface area contributed by atoms with E-state index in [0.717, 1.165) is 6.42 Å². The van der Waals surface area contributed by atoms with Gasteiger partial charge in [-0.2, -0.15) is 0 Å². The van der Waals surface area contributed by atoms with Crippen LogP contribution < -0.4 is 0 Å². The largest absolute Gasteiger partial charge is 0.396 e. The smallest absolute Gasteiger partial charge is 0.0476 e. The molecule has 1 nitrogen and oxygen atoms in total. The number of allylic oxidation sites excluding steroid dienone is 1. The molecule has 10 heavy (non-hydrogen) atoms. The minimum absolute atomic E-state index is 0.224. The van der Waals surface area contributed by atoms with Crippen molar-refractivity contribution in [1.82, 2.24) is 0 Å². The summed E-state index contributed by atoms with van der Waals surface area (Å²) in [4.78, 5) is 1.22. The molecule has 0 saturated heterocycles. The van der Waals surface area contributed by atoms with E-state index in [1.165, 1.54) is 10.5 Å². The minimum Gasteiger partial charge on any atom is -0.396 e. The average molecular weight is 158 g/mol. The quantitative estimate of drug-likeness (QED) is 0.678. The molecule has 0 bridgehead atoms. The molecule has 0 radical (unpaired) electrons. The van der Waals surface area contributed by atoms with Crippen molar-refractivity contribution in [3.63, 3.8) is 0 Å². The first-order chi connectivity index (χ1) is 4.72. The van der Waals surface area contributed by atoms with Gasteiger partial charge in [0.2, 0.25) is 0 Å². The van der Waals surface area contributed by atoms with Crippen molar-refractivity contribution in [1.29, 1.82) is 0 Å². The Kier molecular flexibility index (Phi) is 5.45. The first-order valence-corrected chi connectivity index (χ1v) is 4.15. The summed E-state index contributed by atoms with van der Waals surface area (Å²) in [5.41, 5.74) is 1.26. The molecule has 0 atom stereocenters. The number of thioether (sulfide) groups is 1. The Bertz CT molecular complexity index is 134. The molecule has 0 aromatic carbocycles. The monoisotopic (exact) mass is 158 g/mol. The molecule has 0 unspecified atom stereocenters. The van der Waals surface area contributed by atoms with Gasteiger partial charge in [-0.05, 0) is 24.2 Å². The van der Waals surface area contributed by atoms with Crippen LogP contribution in [0.1, 0.15) is 20.3 Å². The van der Waals surface area contributed by atoms with E-state index in [0.29, 0.717) is 0 Å². The van der Waals surface area contributed by atoms with Crippen molar-refractivity contribution in [2.24, 2.45) is 0 Å². The van der Waals surface area contributed by atoms with Crippen LogP contribution in [0, 0.1) is 0 Å². The van der Waals surface area contributed by atoms with E-state index in [4.69, 9.17) is 5.11 Å². The van der Waals surface area contributed by atoms with E-state index in [1.54, 1.807) is 17.2 Å². The molecule has 58 valence electrons. The van der Waals surface area contributed by atoms with Gasteiger partial charge in [0.1, 0.15) is 0 Å². The predicted molar refractivity (Wildman–Crippen MR) is 47.9 cm³/mol. The lowest BCUT2D eigenvalue weighted by molar-refractivity contribution is 0.301. The third-order valence-electron chi connectivity index (χ3n) is 1.12. The number of hydrogen-bond donors (Lipinski definition) is 1. The van der Waals surface area contributed by atoms with Gasteiger partial charge in [-0.25, -0.2) is 0 Å². The van der Waals surface area contributed by atoms with Crippen molar-refractivity contribution in [2.45, 2.75) is 20.3 Å². The highest BCUT2D eigenvalue weighted by Crippen LogP contribution is 2.22. The molecule has 0 fully saturated rings. The Balaban J connectivity index is 3.98. The zero-order valence-corrected chi connectivity index (χ0v) is 7.37. The highest BCUT2D eigenvalue weighted by Gasteiger charge is 1.95. The van der Waals surface area contributed by atoms with Crippen LogP contribution in [0.3, 0.4) is 0 Å². The molecule has 1 N–H and O–H groups in total. The summed E-state index contributed by atoms with van der Waals surface area (Å²) in [5, 5.41) is 10.4. The molecule has 0 aliphatic heterocycles. The van der Waals surface area contributed by atoms with E-state index in [2.05, 4.69) is 6.58 Å². The highest BCUT2D eigenvalue weighted by molar-refractivity contribution is 8.05. The van der Waals surface area contributed by atoms with Gasteiger partial charge < -0.3 is 5.11 Å². The van der Waals surface area contributed by atoms with Crippen molar-refractivity contribution in [3.8, 4) is 0 Å². The SMILES string of the molecule is C=CSC(CCO)=C(C)C. The number of aliphatic hydroxyl groups is 1. The molecule has 2 heteroatoms. The second-order valence-electron chi connectivity index (χ2n) is 2.18. The van der Waals surface area contributed by atoms with Gasteiger partial charge in [0.15, 0.2) is 0 Å². The van der Waals surface area contributed by atoms with E-state index >= 15 is 0 Å². The summed E-state index contributed by atoms with van der Waals surface area (Å²) >= 11 is 1.59. The Morgan fingerprint density at radius 1 is 1.60 bits per heavy atom. The summed E-state index contributed by atoms with van der Waals surface area (Å²) in [6.45, 7) is 7.92. The zero-order chi connectivity index (χ0) is 7.98. The normalized spacial score (nSPS) is 9.10. The first-order valence-electron chi connectivity index (χ1n) is 3.27. The molecule has 0 saturated carbocycles. The van der Waals surface area contributed by atoms with Crippen molar-refractivity contribution < 1.29 is 5.11 Å². The van der Waals surface area contributed by atoms with Gasteiger partial charge in [0, 0.05) is 13.0 Å². The van der Waals surface area contributed by atoms with Gasteiger partial charge in [-0.15, -0.1) is 11.8 Å². The van der Waals surface area contributed by atoms with E-state index < -0.39 is 0 Å². The summed E-state index contributed by atoms with van der Waals surface area (Å²) in [6.07, 6.45) is 0.749. The lowest BCUT2D eigenvalue weighted by Crippen LogP contribution is -1.85. The summed E-state index contributed by atoms with van der Waals surface area (Å²) < 4.78 is 0. The molecule has 0 aromatic heterocycles. The van der Waals surface area contributed by atoms with Gasteiger partial charge in [-0.3, -0.25) is 0 Å². The fourth-order valence-corrected chi connectivity index (χ4v) is 1.27. The van der Waals surface area contributed by atoms with Crippen LogP contribution in [0.4, 0.5) is 0 Å². The molecule has 0 heterocycles. The predicted octanol–water partition coefficient (Wildman–Crippen LogP) is 2.54. The molecule has 0 spiro atoms. The Morgan fingerprint density at radius 3 is 2.50 bits per heavy atom. The van der Waals surface area contributed by atoms with Crippen molar-refractivity contribution >= 4 is 11.8 Å². The molecule has 0 aliphatic carbocycles. The number of hydrogen-bond acceptors (Lipinski definition) is 2. The lowest BCUT2D eigenvalue weighted by atomic mass is 10.3. The van der Waals surface area contributed by atoms with Gasteiger partial charge >= 0.3 is 0 Å². The molecule has 0 aromatic rings. The van der Waals surface area contributed by atoms with Crippen LogP contribution in [0.25, 0.3) is 0 Å². The average Bonchev–Trinajstić information content (AvgIpc) is 1.87. The highest BCUT2D eigenvalue weighted by atomic mass is 32.2. The van der Waals surface area contributed by atoms with Crippen LogP contribution in [0.2, 0.25) is 0 Å². The first kappa shape index (κ1) is 9.79. The summed E-state index contributed by atoms with van der Waals surface area (Å²) in [7, 11) is 0. The van der Waals surface area contributed by atoms with Gasteiger partial charge in [0.05, 0.1) is 0 Å². The van der Waals surface area contributed by atoms with Gasteiger partial charge in [-0.1, -0.05) is 12.2 Å². The minimum atomic E-state index is 0.224. The molecule has 0 amide bonds. The van der Waals surface area contributed by atoms with E-state index in [9.17, 15) is 0 Å². The van der Waals surface area contributed by atoms with E-state index in [1.807, 2.05) is 13.8 Å². The fourth-order valence-electron chi connectivity index (χ4n) is 0.629. The zero-order valence-electron chi connectivity index (χ0n) is 6.55. The fraction of sp³-hybridized carbons (Fsp3) is 0.500. The van der Waals surface area contributed by atoms with Crippen LogP contribution >= 0.6 is 11.8 Å². The summed E-state index contributed by atoms with van der Waals surface area (Å²) in [5.74, 6) is 0. The third kappa shape index (κ3) is 3.75. The number of rotatable bonds is 4. The van der Waals surface area contributed by atoms with Gasteiger partial charge in [0.25, 0.3) is 0 Å². The molecular weight excluding hydrogens is 144 g/mol. The standard InChI is InChI=1S/C8H14OS/c1-4-10-8(5-6-9)7(2)3/h4,9H,1,5-6H2,2-3H3. The van der Waals surface area contributed by atoms with Crippen molar-refractivity contribution in [3.05, 3.63) is 22.5 Å². The molecule has 0 aliphatic rings. The third-order valence-corrected chi connectivity index (χ3v) is 2.19. The molecular formula is C8H14OS. The number of aliphatic hydroxyl groups excluding tert-OH is 1. The lowest BCUT2D eigenvalue weighted by Gasteiger charge is -2.02. The maximum Gasteiger partial charge on any atom is 0.0476 e. The summed E-state index contributed by atoms with van der Waals surface area (Å²) in [6, 6.07) is 0.